The van der Waals surface area contributed by atoms with Crippen molar-refractivity contribution in [3.8, 4) is 22.8 Å². The highest BCUT2D eigenvalue weighted by molar-refractivity contribution is 6.01. The fraction of sp³-hybridized carbons (Fsp3) is 0.206. The Labute approximate surface area is 244 Å². The van der Waals surface area contributed by atoms with E-state index in [4.69, 9.17) is 9.72 Å². The number of imidazole rings is 1. The first-order valence-electron chi connectivity index (χ1n) is 14.1. The number of amides is 1. The number of piperazine rings is 1. The number of aryl methyl sites for hydroxylation is 1. The SMILES string of the molecule is CCOc1cccc(-n2cc(C(=O)N3CCN(c4cc5ccccc5cc4C(=O)O)CC3)nc2-c2ccc(C)cc2)c1. The van der Waals surface area contributed by atoms with Gasteiger partial charge in [-0.1, -0.05) is 60.2 Å². The van der Waals surface area contributed by atoms with Gasteiger partial charge >= 0.3 is 5.97 Å². The molecule has 2 heterocycles. The van der Waals surface area contributed by atoms with Crippen LogP contribution in [-0.4, -0.2) is 64.2 Å². The predicted octanol–water partition coefficient (Wildman–Crippen LogP) is 6.06. The van der Waals surface area contributed by atoms with Gasteiger partial charge in [-0.15, -0.1) is 0 Å². The number of carboxylic acid groups (broad SMARTS) is 1. The largest absolute Gasteiger partial charge is 0.494 e. The zero-order chi connectivity index (χ0) is 29.2. The van der Waals surface area contributed by atoms with E-state index in [1.807, 2.05) is 97.3 Å². The fourth-order valence-electron chi connectivity index (χ4n) is 5.45. The van der Waals surface area contributed by atoms with Crippen LogP contribution in [0.25, 0.3) is 27.8 Å². The number of carbonyl (C=O) groups is 2. The molecule has 0 aliphatic carbocycles. The van der Waals surface area contributed by atoms with Gasteiger partial charge in [-0.2, -0.15) is 0 Å². The molecule has 1 saturated heterocycles. The molecule has 1 fully saturated rings. The van der Waals surface area contributed by atoms with E-state index in [1.54, 1.807) is 17.2 Å². The van der Waals surface area contributed by atoms with Crippen molar-refractivity contribution < 1.29 is 19.4 Å². The van der Waals surface area contributed by atoms with Crippen LogP contribution in [-0.2, 0) is 0 Å². The number of nitrogens with zero attached hydrogens (tertiary/aromatic N) is 4. The van der Waals surface area contributed by atoms with Gasteiger partial charge in [-0.3, -0.25) is 9.36 Å². The first-order valence-corrected chi connectivity index (χ1v) is 14.1. The zero-order valence-electron chi connectivity index (χ0n) is 23.7. The van der Waals surface area contributed by atoms with Crippen molar-refractivity contribution in [1.29, 1.82) is 0 Å². The second kappa shape index (κ2) is 11.4. The minimum Gasteiger partial charge on any atom is -0.494 e. The smallest absolute Gasteiger partial charge is 0.337 e. The number of rotatable bonds is 7. The van der Waals surface area contributed by atoms with Crippen LogP contribution >= 0.6 is 0 Å². The number of carbonyl (C=O) groups excluding carboxylic acids is 1. The minimum atomic E-state index is -0.961. The monoisotopic (exact) mass is 560 g/mol. The third-order valence-electron chi connectivity index (χ3n) is 7.64. The normalized spacial score (nSPS) is 13.4. The van der Waals surface area contributed by atoms with Crippen molar-refractivity contribution >= 4 is 28.3 Å². The molecule has 6 rings (SSSR count). The lowest BCUT2D eigenvalue weighted by molar-refractivity contribution is 0.0692. The number of aromatic carboxylic acids is 1. The standard InChI is InChI=1S/C34H32N4O4/c1-3-42-28-10-6-9-27(21-28)38-22-30(35-32(38)24-13-11-23(2)12-14-24)33(39)37-17-15-36(16-18-37)31-20-26-8-5-4-7-25(26)19-29(31)34(40)41/h4-14,19-22H,3,15-18H2,1-2H3,(H,40,41). The van der Waals surface area contributed by atoms with Crippen molar-refractivity contribution in [2.75, 3.05) is 37.7 Å². The molecule has 0 spiro atoms. The molecule has 1 N–H and O–H groups in total. The van der Waals surface area contributed by atoms with E-state index >= 15 is 0 Å². The second-order valence-electron chi connectivity index (χ2n) is 10.4. The molecule has 0 unspecified atom stereocenters. The maximum absolute atomic E-state index is 13.8. The van der Waals surface area contributed by atoms with Gasteiger partial charge in [0, 0.05) is 44.0 Å². The van der Waals surface area contributed by atoms with Gasteiger partial charge < -0.3 is 19.6 Å². The molecule has 1 amide bonds. The van der Waals surface area contributed by atoms with Gasteiger partial charge in [0.1, 0.15) is 17.3 Å². The van der Waals surface area contributed by atoms with Crippen LogP contribution < -0.4 is 9.64 Å². The lowest BCUT2D eigenvalue weighted by Gasteiger charge is -2.36. The Morgan fingerprint density at radius 2 is 1.60 bits per heavy atom. The molecule has 1 aliphatic rings. The Hall–Kier alpha value is -5.11. The summed E-state index contributed by atoms with van der Waals surface area (Å²) in [6.07, 6.45) is 1.79. The Morgan fingerprint density at radius 3 is 2.29 bits per heavy atom. The number of ether oxygens (including phenoxy) is 1. The molecule has 8 nitrogen and oxygen atoms in total. The molecule has 0 atom stereocenters. The predicted molar refractivity (Wildman–Crippen MR) is 164 cm³/mol. The molecule has 8 heteroatoms. The number of aromatic nitrogens is 2. The quantitative estimate of drug-likeness (QED) is 0.260. The summed E-state index contributed by atoms with van der Waals surface area (Å²) in [5, 5.41) is 11.8. The summed E-state index contributed by atoms with van der Waals surface area (Å²) in [5.74, 6) is 0.307. The Bertz CT molecular complexity index is 1770. The second-order valence-corrected chi connectivity index (χ2v) is 10.4. The third-order valence-corrected chi connectivity index (χ3v) is 7.64. The molecule has 0 bridgehead atoms. The van der Waals surface area contributed by atoms with Crippen LogP contribution in [0.4, 0.5) is 5.69 Å². The maximum atomic E-state index is 13.8. The van der Waals surface area contributed by atoms with E-state index in [9.17, 15) is 14.7 Å². The van der Waals surface area contributed by atoms with Crippen LogP contribution in [0.2, 0.25) is 0 Å². The average molecular weight is 561 g/mol. The molecular weight excluding hydrogens is 528 g/mol. The number of fused-ring (bicyclic) bond motifs is 1. The van der Waals surface area contributed by atoms with E-state index in [0.29, 0.717) is 50.0 Å². The Balaban J connectivity index is 1.27. The molecule has 1 aromatic heterocycles. The van der Waals surface area contributed by atoms with Crippen LogP contribution in [0.5, 0.6) is 5.75 Å². The van der Waals surface area contributed by atoms with E-state index in [-0.39, 0.29) is 11.5 Å². The molecule has 0 radical (unpaired) electrons. The molecular formula is C34H32N4O4. The van der Waals surface area contributed by atoms with Gasteiger partial charge in [0.15, 0.2) is 0 Å². The maximum Gasteiger partial charge on any atom is 0.337 e. The van der Waals surface area contributed by atoms with Crippen LogP contribution in [0.15, 0.2) is 91.1 Å². The number of hydrogen-bond acceptors (Lipinski definition) is 5. The van der Waals surface area contributed by atoms with Crippen molar-refractivity contribution in [2.45, 2.75) is 13.8 Å². The Morgan fingerprint density at radius 1 is 0.881 bits per heavy atom. The van der Waals surface area contributed by atoms with Crippen LogP contribution in [0.3, 0.4) is 0 Å². The van der Waals surface area contributed by atoms with Crippen molar-refractivity contribution in [3.63, 3.8) is 0 Å². The first kappa shape index (κ1) is 27.1. The summed E-state index contributed by atoms with van der Waals surface area (Å²) in [5.41, 5.74) is 4.20. The van der Waals surface area contributed by atoms with Crippen molar-refractivity contribution in [1.82, 2.24) is 14.5 Å². The highest BCUT2D eigenvalue weighted by atomic mass is 16.5. The summed E-state index contributed by atoms with van der Waals surface area (Å²) in [4.78, 5) is 34.5. The van der Waals surface area contributed by atoms with Crippen LogP contribution in [0.1, 0.15) is 33.3 Å². The fourth-order valence-corrected chi connectivity index (χ4v) is 5.45. The van der Waals surface area contributed by atoms with E-state index in [1.165, 1.54) is 0 Å². The number of benzene rings is 4. The lowest BCUT2D eigenvalue weighted by Crippen LogP contribution is -2.49. The summed E-state index contributed by atoms with van der Waals surface area (Å²) in [6.45, 7) is 6.49. The first-order chi connectivity index (χ1) is 20.4. The molecule has 1 aliphatic heterocycles. The third kappa shape index (κ3) is 5.31. The summed E-state index contributed by atoms with van der Waals surface area (Å²) in [6, 6.07) is 27.2. The number of carboxylic acids is 1. The minimum absolute atomic E-state index is 0.153. The molecule has 4 aromatic carbocycles. The molecule has 5 aromatic rings. The topological polar surface area (TPSA) is 87.9 Å². The molecule has 0 saturated carbocycles. The van der Waals surface area contributed by atoms with Crippen molar-refractivity contribution in [3.05, 3.63) is 108 Å². The van der Waals surface area contributed by atoms with Gasteiger partial charge in [0.05, 0.1) is 23.5 Å². The van der Waals surface area contributed by atoms with Gasteiger partial charge in [-0.25, -0.2) is 9.78 Å². The summed E-state index contributed by atoms with van der Waals surface area (Å²) < 4.78 is 7.66. The molecule has 42 heavy (non-hydrogen) atoms. The zero-order valence-corrected chi connectivity index (χ0v) is 23.7. The van der Waals surface area contributed by atoms with Gasteiger partial charge in [-0.05, 0) is 48.9 Å². The van der Waals surface area contributed by atoms with Crippen molar-refractivity contribution in [2.24, 2.45) is 0 Å². The Kier molecular flexibility index (Phi) is 7.35. The molecule has 212 valence electrons. The average Bonchev–Trinajstić information content (AvgIpc) is 3.46. The lowest BCUT2D eigenvalue weighted by atomic mass is 10.0. The summed E-state index contributed by atoms with van der Waals surface area (Å²) in [7, 11) is 0. The summed E-state index contributed by atoms with van der Waals surface area (Å²) >= 11 is 0. The van der Waals surface area contributed by atoms with E-state index in [2.05, 4.69) is 4.90 Å². The van der Waals surface area contributed by atoms with Gasteiger partial charge in [0.2, 0.25) is 0 Å². The van der Waals surface area contributed by atoms with E-state index < -0.39 is 5.97 Å². The van der Waals surface area contributed by atoms with E-state index in [0.717, 1.165) is 33.3 Å². The highest BCUT2D eigenvalue weighted by Crippen LogP contribution is 2.30. The number of anilines is 1. The van der Waals surface area contributed by atoms with Gasteiger partial charge in [0.25, 0.3) is 5.91 Å². The highest BCUT2D eigenvalue weighted by Gasteiger charge is 2.27. The van der Waals surface area contributed by atoms with Crippen LogP contribution in [0, 0.1) is 6.92 Å². The number of hydrogen-bond donors (Lipinski definition) is 1.